The van der Waals surface area contributed by atoms with Crippen molar-refractivity contribution in [3.63, 3.8) is 0 Å². The maximum atomic E-state index is 6.10. The third-order valence-electron chi connectivity index (χ3n) is 3.34. The Morgan fingerprint density at radius 2 is 1.87 bits per heavy atom. The molecule has 0 bridgehead atoms. The fourth-order valence-electron chi connectivity index (χ4n) is 2.22. The van der Waals surface area contributed by atoms with Crippen molar-refractivity contribution in [2.75, 3.05) is 12.4 Å². The second kappa shape index (κ2) is 6.79. The van der Waals surface area contributed by atoms with Crippen molar-refractivity contribution in [3.05, 3.63) is 57.4 Å². The molecule has 118 valence electrons. The van der Waals surface area contributed by atoms with Gasteiger partial charge in [0.15, 0.2) is 5.13 Å². The molecule has 0 fully saturated rings. The average molecular weight is 365 g/mol. The van der Waals surface area contributed by atoms with Crippen LogP contribution in [0.1, 0.15) is 4.88 Å². The Hall–Kier alpha value is -1.75. The molecule has 0 spiro atoms. The highest BCUT2D eigenvalue weighted by molar-refractivity contribution is 7.16. The summed E-state index contributed by atoms with van der Waals surface area (Å²) in [6, 6.07) is 13.3. The molecular weight excluding hydrogens is 351 g/mol. The summed E-state index contributed by atoms with van der Waals surface area (Å²) in [4.78, 5) is 5.77. The first-order valence-corrected chi connectivity index (χ1v) is 8.48. The van der Waals surface area contributed by atoms with Gasteiger partial charge in [0.2, 0.25) is 0 Å². The minimum Gasteiger partial charge on any atom is -0.495 e. The topological polar surface area (TPSA) is 34.1 Å². The van der Waals surface area contributed by atoms with Crippen LogP contribution in [0.4, 0.5) is 10.8 Å². The summed E-state index contributed by atoms with van der Waals surface area (Å²) in [6.07, 6.45) is 0. The number of hydrogen-bond acceptors (Lipinski definition) is 4. The number of aryl methyl sites for hydroxylation is 1. The van der Waals surface area contributed by atoms with E-state index in [1.165, 1.54) is 0 Å². The lowest BCUT2D eigenvalue weighted by Crippen LogP contribution is -1.93. The molecule has 0 aliphatic rings. The van der Waals surface area contributed by atoms with E-state index in [1.54, 1.807) is 24.5 Å². The van der Waals surface area contributed by atoms with Crippen molar-refractivity contribution in [3.8, 4) is 17.0 Å². The van der Waals surface area contributed by atoms with E-state index in [-0.39, 0.29) is 0 Å². The summed E-state index contributed by atoms with van der Waals surface area (Å²) in [7, 11) is 1.65. The van der Waals surface area contributed by atoms with Gasteiger partial charge in [-0.25, -0.2) is 4.98 Å². The quantitative estimate of drug-likeness (QED) is 0.600. The van der Waals surface area contributed by atoms with Crippen molar-refractivity contribution in [1.82, 2.24) is 4.98 Å². The Balaban J connectivity index is 1.93. The van der Waals surface area contributed by atoms with E-state index in [1.807, 2.05) is 43.3 Å². The molecule has 1 aromatic heterocycles. The normalized spacial score (nSPS) is 10.6. The number of para-hydroxylation sites is 2. The Bertz CT molecular complexity index is 848. The van der Waals surface area contributed by atoms with Gasteiger partial charge in [0, 0.05) is 10.4 Å². The molecule has 0 saturated heterocycles. The molecule has 0 atom stereocenters. The van der Waals surface area contributed by atoms with Crippen LogP contribution in [0.2, 0.25) is 10.0 Å². The molecule has 3 rings (SSSR count). The summed E-state index contributed by atoms with van der Waals surface area (Å²) in [5, 5.41) is 5.16. The van der Waals surface area contributed by atoms with E-state index in [0.29, 0.717) is 10.0 Å². The molecular formula is C17H14Cl2N2OS. The molecule has 3 nitrogen and oxygen atoms in total. The van der Waals surface area contributed by atoms with Gasteiger partial charge in [0.25, 0.3) is 0 Å². The standard InChI is InChI=1S/C17H14Cl2N2OS/c1-10-16(11-7-8-12(18)13(19)9-11)21-17(23-10)20-14-5-3-4-6-15(14)22-2/h3-9H,1-2H3,(H,20,21). The predicted octanol–water partition coefficient (Wildman–Crippen LogP) is 6.18. The first kappa shape index (κ1) is 16.1. The Kier molecular flexibility index (Phi) is 4.76. The number of halogens is 2. The van der Waals surface area contributed by atoms with Crippen LogP contribution in [0, 0.1) is 6.92 Å². The van der Waals surface area contributed by atoms with Gasteiger partial charge in [-0.05, 0) is 31.2 Å². The third-order valence-corrected chi connectivity index (χ3v) is 4.96. The van der Waals surface area contributed by atoms with Gasteiger partial charge in [-0.1, -0.05) is 41.4 Å². The number of thiazole rings is 1. The highest BCUT2D eigenvalue weighted by Gasteiger charge is 2.12. The molecule has 0 amide bonds. The zero-order valence-corrected chi connectivity index (χ0v) is 14.9. The molecule has 23 heavy (non-hydrogen) atoms. The molecule has 0 saturated carbocycles. The van der Waals surface area contributed by atoms with Gasteiger partial charge in [0.05, 0.1) is 28.5 Å². The number of benzene rings is 2. The summed E-state index contributed by atoms with van der Waals surface area (Å²) in [5.74, 6) is 0.774. The third kappa shape index (κ3) is 3.44. The molecule has 1 N–H and O–H groups in total. The van der Waals surface area contributed by atoms with E-state index >= 15 is 0 Å². The van der Waals surface area contributed by atoms with Crippen molar-refractivity contribution in [1.29, 1.82) is 0 Å². The maximum absolute atomic E-state index is 6.10. The van der Waals surface area contributed by atoms with Crippen LogP contribution >= 0.6 is 34.5 Å². The Morgan fingerprint density at radius 3 is 2.61 bits per heavy atom. The lowest BCUT2D eigenvalue weighted by Gasteiger charge is -2.08. The second-order valence-electron chi connectivity index (χ2n) is 4.88. The zero-order valence-electron chi connectivity index (χ0n) is 12.6. The van der Waals surface area contributed by atoms with Crippen LogP contribution in [-0.4, -0.2) is 12.1 Å². The highest BCUT2D eigenvalue weighted by Crippen LogP contribution is 2.36. The molecule has 2 aromatic carbocycles. The average Bonchev–Trinajstić information content (AvgIpc) is 2.91. The van der Waals surface area contributed by atoms with Crippen LogP contribution in [-0.2, 0) is 0 Å². The van der Waals surface area contributed by atoms with Gasteiger partial charge in [0.1, 0.15) is 5.75 Å². The summed E-state index contributed by atoms with van der Waals surface area (Å²) < 4.78 is 5.35. The van der Waals surface area contributed by atoms with Gasteiger partial charge in [-0.2, -0.15) is 0 Å². The minimum atomic E-state index is 0.524. The lowest BCUT2D eigenvalue weighted by molar-refractivity contribution is 0.417. The van der Waals surface area contributed by atoms with Gasteiger partial charge >= 0.3 is 0 Å². The van der Waals surface area contributed by atoms with Crippen LogP contribution in [0.25, 0.3) is 11.3 Å². The maximum Gasteiger partial charge on any atom is 0.188 e. The van der Waals surface area contributed by atoms with Gasteiger partial charge in [-0.15, -0.1) is 11.3 Å². The Labute approximate surface area is 148 Å². The van der Waals surface area contributed by atoms with E-state index in [0.717, 1.165) is 32.7 Å². The van der Waals surface area contributed by atoms with E-state index in [2.05, 4.69) is 10.3 Å². The number of nitrogens with one attached hydrogen (secondary N) is 1. The predicted molar refractivity (Wildman–Crippen MR) is 98.6 cm³/mol. The largest absolute Gasteiger partial charge is 0.495 e. The van der Waals surface area contributed by atoms with Crippen LogP contribution in [0.15, 0.2) is 42.5 Å². The molecule has 3 aromatic rings. The molecule has 0 aliphatic heterocycles. The fourth-order valence-corrected chi connectivity index (χ4v) is 3.37. The number of ether oxygens (including phenoxy) is 1. The van der Waals surface area contributed by atoms with Gasteiger partial charge in [-0.3, -0.25) is 0 Å². The molecule has 0 aliphatic carbocycles. The number of methoxy groups -OCH3 is 1. The second-order valence-corrected chi connectivity index (χ2v) is 6.90. The van der Waals surface area contributed by atoms with Crippen LogP contribution < -0.4 is 10.1 Å². The monoisotopic (exact) mass is 364 g/mol. The number of hydrogen-bond donors (Lipinski definition) is 1. The zero-order chi connectivity index (χ0) is 16.4. The van der Waals surface area contributed by atoms with Crippen molar-refractivity contribution in [2.24, 2.45) is 0 Å². The number of aromatic nitrogens is 1. The highest BCUT2D eigenvalue weighted by atomic mass is 35.5. The summed E-state index contributed by atoms with van der Waals surface area (Å²) in [5.41, 5.74) is 2.72. The number of anilines is 2. The molecule has 1 heterocycles. The molecule has 0 radical (unpaired) electrons. The lowest BCUT2D eigenvalue weighted by atomic mass is 10.1. The van der Waals surface area contributed by atoms with Crippen molar-refractivity contribution < 1.29 is 4.74 Å². The summed E-state index contributed by atoms with van der Waals surface area (Å²) in [6.45, 7) is 2.03. The number of nitrogens with zero attached hydrogens (tertiary/aromatic N) is 1. The minimum absolute atomic E-state index is 0.524. The number of rotatable bonds is 4. The SMILES string of the molecule is COc1ccccc1Nc1nc(-c2ccc(Cl)c(Cl)c2)c(C)s1. The molecule has 0 unspecified atom stereocenters. The van der Waals surface area contributed by atoms with Crippen molar-refractivity contribution in [2.45, 2.75) is 6.92 Å². The van der Waals surface area contributed by atoms with Crippen LogP contribution in [0.5, 0.6) is 5.75 Å². The van der Waals surface area contributed by atoms with Crippen LogP contribution in [0.3, 0.4) is 0 Å². The van der Waals surface area contributed by atoms with E-state index < -0.39 is 0 Å². The molecule has 6 heteroatoms. The fraction of sp³-hybridized carbons (Fsp3) is 0.118. The summed E-state index contributed by atoms with van der Waals surface area (Å²) >= 11 is 13.7. The van der Waals surface area contributed by atoms with Gasteiger partial charge < -0.3 is 10.1 Å². The van der Waals surface area contributed by atoms with Crippen molar-refractivity contribution >= 4 is 45.4 Å². The first-order valence-electron chi connectivity index (χ1n) is 6.91. The first-order chi connectivity index (χ1) is 11.1. The Morgan fingerprint density at radius 1 is 1.09 bits per heavy atom. The van der Waals surface area contributed by atoms with E-state index in [4.69, 9.17) is 27.9 Å². The van der Waals surface area contributed by atoms with E-state index in [9.17, 15) is 0 Å². The smallest absolute Gasteiger partial charge is 0.188 e.